The molecular formula is C29H34O6. The molecule has 0 aromatic heterocycles. The monoisotopic (exact) mass is 478 g/mol. The summed E-state index contributed by atoms with van der Waals surface area (Å²) < 4.78 is 26.9. The van der Waals surface area contributed by atoms with Gasteiger partial charge in [0.1, 0.15) is 17.3 Å². The minimum atomic E-state index is -1.31. The highest BCUT2D eigenvalue weighted by Crippen LogP contribution is 2.68. The summed E-state index contributed by atoms with van der Waals surface area (Å²) in [7, 11) is 1.60. The lowest BCUT2D eigenvalue weighted by atomic mass is 9.54. The summed E-state index contributed by atoms with van der Waals surface area (Å²) in [5.41, 5.74) is 0.715. The van der Waals surface area contributed by atoms with Crippen molar-refractivity contribution < 1.29 is 28.8 Å². The molecule has 6 rings (SSSR count). The van der Waals surface area contributed by atoms with Crippen molar-refractivity contribution in [2.24, 2.45) is 17.8 Å². The van der Waals surface area contributed by atoms with Gasteiger partial charge in [0.15, 0.2) is 5.78 Å². The lowest BCUT2D eigenvalue weighted by Crippen LogP contribution is -2.70. The van der Waals surface area contributed by atoms with E-state index in [-0.39, 0.29) is 36.2 Å². The number of benzene rings is 1. The molecule has 8 atom stereocenters. The molecule has 0 amide bonds. The van der Waals surface area contributed by atoms with Crippen LogP contribution in [0.4, 0.5) is 0 Å². The lowest BCUT2D eigenvalue weighted by molar-refractivity contribution is -0.421. The summed E-state index contributed by atoms with van der Waals surface area (Å²) in [6, 6.07) is 10.1. The Labute approximate surface area is 206 Å². The molecule has 1 N–H and O–H groups in total. The number of hydrogen-bond donors (Lipinski definition) is 1. The van der Waals surface area contributed by atoms with Gasteiger partial charge in [-0.2, -0.15) is 0 Å². The maximum atomic E-state index is 13.6. The number of ketones is 1. The zero-order valence-electron chi connectivity index (χ0n) is 20.9. The Balaban J connectivity index is 1.59. The van der Waals surface area contributed by atoms with E-state index in [9.17, 15) is 9.90 Å². The van der Waals surface area contributed by atoms with Crippen LogP contribution in [0, 0.1) is 17.8 Å². The van der Waals surface area contributed by atoms with Crippen LogP contribution in [0.15, 0.2) is 65.8 Å². The van der Waals surface area contributed by atoms with Gasteiger partial charge in [-0.05, 0) is 48.5 Å². The number of hydrogen-bond acceptors (Lipinski definition) is 6. The van der Waals surface area contributed by atoms with E-state index in [1.807, 2.05) is 50.3 Å². The van der Waals surface area contributed by atoms with Crippen molar-refractivity contribution in [3.05, 3.63) is 71.3 Å². The van der Waals surface area contributed by atoms with E-state index >= 15 is 0 Å². The van der Waals surface area contributed by atoms with Gasteiger partial charge in [0, 0.05) is 25.4 Å². The fourth-order valence-electron chi connectivity index (χ4n) is 7.76. The first-order valence-electron chi connectivity index (χ1n) is 12.5. The topological polar surface area (TPSA) is 74.2 Å². The van der Waals surface area contributed by atoms with E-state index in [0.29, 0.717) is 24.8 Å². The van der Waals surface area contributed by atoms with Gasteiger partial charge in [0.25, 0.3) is 5.97 Å². The highest BCUT2D eigenvalue weighted by molar-refractivity contribution is 6.05. The summed E-state index contributed by atoms with van der Waals surface area (Å²) in [6.07, 6.45) is 5.17. The van der Waals surface area contributed by atoms with Gasteiger partial charge < -0.3 is 24.1 Å². The molecule has 1 saturated carbocycles. The molecule has 6 nitrogen and oxygen atoms in total. The Bertz CT molecular complexity index is 1150. The van der Waals surface area contributed by atoms with E-state index in [0.717, 1.165) is 16.7 Å². The minimum absolute atomic E-state index is 0.00534. The SMILES string of the molecule is C=C(C)[C@]12C[C@@H](C)[C@@]34OC(Cc5ccccc5)(O[C@H]1[C@@H]3C=C(CO)C[C@]1(OC)C(=O)C(C)=C[C@@H]41)O2. The van der Waals surface area contributed by atoms with Crippen LogP contribution in [-0.2, 0) is 30.2 Å². The van der Waals surface area contributed by atoms with Gasteiger partial charge in [-0.25, -0.2) is 0 Å². The number of Topliss-reactive ketones (excluding diaryl/α,β-unsaturated/α-hetero) is 1. The first-order chi connectivity index (χ1) is 16.7. The molecule has 3 aliphatic carbocycles. The molecule has 2 saturated heterocycles. The lowest BCUT2D eigenvalue weighted by Gasteiger charge is -2.59. The highest BCUT2D eigenvalue weighted by Gasteiger charge is 2.79. The second-order valence-electron chi connectivity index (χ2n) is 11.2. The van der Waals surface area contributed by atoms with Crippen LogP contribution in [0.3, 0.4) is 0 Å². The molecule has 35 heavy (non-hydrogen) atoms. The molecule has 3 bridgehead atoms. The molecule has 1 aromatic carbocycles. The number of aliphatic hydroxyl groups is 1. The number of fused-ring (bicyclic) bond motifs is 2. The fourth-order valence-corrected chi connectivity index (χ4v) is 7.76. The van der Waals surface area contributed by atoms with Crippen LogP contribution in [0.1, 0.15) is 39.2 Å². The largest absolute Gasteiger partial charge is 0.392 e. The Morgan fingerprint density at radius 1 is 1.23 bits per heavy atom. The zero-order chi connectivity index (χ0) is 24.8. The van der Waals surface area contributed by atoms with Crippen LogP contribution in [0.2, 0.25) is 0 Å². The molecule has 1 unspecified atom stereocenters. The van der Waals surface area contributed by atoms with Crippen molar-refractivity contribution >= 4 is 5.78 Å². The van der Waals surface area contributed by atoms with Crippen molar-refractivity contribution in [2.45, 2.75) is 68.9 Å². The van der Waals surface area contributed by atoms with Crippen LogP contribution in [-0.4, -0.2) is 53.5 Å². The summed E-state index contributed by atoms with van der Waals surface area (Å²) in [4.78, 5) is 13.6. The summed E-state index contributed by atoms with van der Waals surface area (Å²) >= 11 is 0. The number of ether oxygens (including phenoxy) is 4. The summed E-state index contributed by atoms with van der Waals surface area (Å²) in [6.45, 7) is 10.2. The highest BCUT2D eigenvalue weighted by atomic mass is 16.9. The molecule has 2 heterocycles. The number of aliphatic hydroxyl groups excluding tert-OH is 1. The summed E-state index contributed by atoms with van der Waals surface area (Å²) in [5.74, 6) is -1.93. The minimum Gasteiger partial charge on any atom is -0.392 e. The number of methoxy groups -OCH3 is 1. The molecule has 186 valence electrons. The van der Waals surface area contributed by atoms with Crippen LogP contribution >= 0.6 is 0 Å². The van der Waals surface area contributed by atoms with Gasteiger partial charge >= 0.3 is 0 Å². The molecule has 0 radical (unpaired) electrons. The van der Waals surface area contributed by atoms with Gasteiger partial charge in [0.05, 0.1) is 18.6 Å². The molecule has 0 spiro atoms. The second-order valence-corrected chi connectivity index (χ2v) is 11.2. The van der Waals surface area contributed by atoms with Crippen molar-refractivity contribution in [3.63, 3.8) is 0 Å². The average molecular weight is 479 g/mol. The smallest absolute Gasteiger partial charge is 0.289 e. The average Bonchev–Trinajstić information content (AvgIpc) is 3.15. The molecule has 2 aliphatic heterocycles. The Kier molecular flexibility index (Phi) is 4.97. The second kappa shape index (κ2) is 7.46. The first-order valence-corrected chi connectivity index (χ1v) is 12.5. The molecule has 5 aliphatic rings. The fraction of sp³-hybridized carbons (Fsp3) is 0.552. The van der Waals surface area contributed by atoms with E-state index in [1.54, 1.807) is 7.11 Å². The van der Waals surface area contributed by atoms with Crippen LogP contribution < -0.4 is 0 Å². The predicted octanol–water partition coefficient (Wildman–Crippen LogP) is 3.89. The predicted molar refractivity (Wildman–Crippen MR) is 129 cm³/mol. The van der Waals surface area contributed by atoms with Gasteiger partial charge in [-0.1, -0.05) is 56.0 Å². The maximum absolute atomic E-state index is 13.6. The normalized spacial score (nSPS) is 45.5. The molecular weight excluding hydrogens is 444 g/mol. The number of carbonyl (C=O) groups is 1. The first kappa shape index (κ1) is 23.3. The van der Waals surface area contributed by atoms with Crippen LogP contribution in [0.5, 0.6) is 0 Å². The quantitative estimate of drug-likeness (QED) is 0.648. The number of rotatable bonds is 5. The van der Waals surface area contributed by atoms with Crippen molar-refractivity contribution in [1.82, 2.24) is 0 Å². The zero-order valence-corrected chi connectivity index (χ0v) is 20.9. The Hall–Kier alpha value is -2.09. The summed E-state index contributed by atoms with van der Waals surface area (Å²) in [5, 5.41) is 10.3. The van der Waals surface area contributed by atoms with Crippen LogP contribution in [0.25, 0.3) is 0 Å². The maximum Gasteiger partial charge on any atom is 0.289 e. The van der Waals surface area contributed by atoms with E-state index < -0.39 is 22.8 Å². The van der Waals surface area contributed by atoms with Gasteiger partial charge in [-0.3, -0.25) is 4.79 Å². The number of carbonyl (C=O) groups excluding carboxylic acids is 1. The third-order valence-corrected chi connectivity index (χ3v) is 9.27. The standard InChI is InChI=1S/C29H34O6/c1-17(2)26-13-19(4)29-22(12-21(16-30)14-27(32-5)23(29)11-18(3)24(27)31)25(26)33-28(34-26,35-29)15-20-9-7-6-8-10-20/h6-12,19,22-23,25,30H,1,13-16H2,2-5H3/t19-,22+,23-,25+,26-,27-,28?,29-/m1/s1. The van der Waals surface area contributed by atoms with E-state index in [1.165, 1.54) is 0 Å². The molecule has 6 heteroatoms. The Morgan fingerprint density at radius 3 is 2.63 bits per heavy atom. The van der Waals surface area contributed by atoms with Crippen molar-refractivity contribution in [1.29, 1.82) is 0 Å². The van der Waals surface area contributed by atoms with Crippen molar-refractivity contribution in [2.75, 3.05) is 13.7 Å². The van der Waals surface area contributed by atoms with Gasteiger partial charge in [0.2, 0.25) is 0 Å². The van der Waals surface area contributed by atoms with Gasteiger partial charge in [-0.15, -0.1) is 0 Å². The Morgan fingerprint density at radius 2 is 1.97 bits per heavy atom. The van der Waals surface area contributed by atoms with E-state index in [2.05, 4.69) is 19.6 Å². The molecule has 3 fully saturated rings. The third kappa shape index (κ3) is 2.80. The molecule has 1 aromatic rings. The third-order valence-electron chi connectivity index (χ3n) is 9.27. The van der Waals surface area contributed by atoms with Crippen molar-refractivity contribution in [3.8, 4) is 0 Å². The van der Waals surface area contributed by atoms with E-state index in [4.69, 9.17) is 18.9 Å².